The van der Waals surface area contributed by atoms with Crippen LogP contribution in [0.25, 0.3) is 0 Å². The molecule has 0 spiro atoms. The zero-order valence-corrected chi connectivity index (χ0v) is 7.14. The van der Waals surface area contributed by atoms with E-state index >= 15 is 0 Å². The van der Waals surface area contributed by atoms with Crippen LogP contribution in [0.1, 0.15) is 12.8 Å². The van der Waals surface area contributed by atoms with Gasteiger partial charge in [-0.1, -0.05) is 0 Å². The molecule has 3 heteroatoms. The van der Waals surface area contributed by atoms with Crippen molar-refractivity contribution in [2.45, 2.75) is 12.8 Å². The number of carbonyl (C=O) groups is 1. The summed E-state index contributed by atoms with van der Waals surface area (Å²) in [4.78, 5) is 10.5. The molecule has 1 unspecified atom stereocenters. The quantitative estimate of drug-likeness (QED) is 0.685. The molecular weight excluding hydrogens is 160 g/mol. The van der Waals surface area contributed by atoms with E-state index in [0.29, 0.717) is 5.92 Å². The van der Waals surface area contributed by atoms with E-state index in [-0.39, 0.29) is 5.92 Å². The molecule has 0 amide bonds. The van der Waals surface area contributed by atoms with E-state index in [9.17, 15) is 4.79 Å². The van der Waals surface area contributed by atoms with Gasteiger partial charge in [0, 0.05) is 0 Å². The Hall–Kier alpha value is -0.180. The van der Waals surface area contributed by atoms with Crippen molar-refractivity contribution in [1.29, 1.82) is 0 Å². The summed E-state index contributed by atoms with van der Waals surface area (Å²) in [6.07, 6.45) is 2.19. The van der Waals surface area contributed by atoms with Crippen LogP contribution in [0.4, 0.5) is 0 Å². The lowest BCUT2D eigenvalue weighted by molar-refractivity contribution is -0.139. The number of carboxylic acid groups (broad SMARTS) is 1. The Kier molecular flexibility index (Phi) is 1.83. The molecule has 0 radical (unpaired) electrons. The zero-order valence-electron chi connectivity index (χ0n) is 6.32. The second-order valence-corrected chi connectivity index (χ2v) is 4.62. The maximum atomic E-state index is 10.5. The van der Waals surface area contributed by atoms with E-state index < -0.39 is 5.97 Å². The highest BCUT2D eigenvalue weighted by Gasteiger charge is 2.48. The fourth-order valence-corrected chi connectivity index (χ4v) is 3.26. The molecule has 2 fully saturated rings. The normalized spacial score (nSPS) is 42.4. The van der Waals surface area contributed by atoms with Gasteiger partial charge in [0.1, 0.15) is 0 Å². The van der Waals surface area contributed by atoms with Crippen molar-refractivity contribution in [3.63, 3.8) is 0 Å². The summed E-state index contributed by atoms with van der Waals surface area (Å²) in [5.41, 5.74) is 0. The van der Waals surface area contributed by atoms with Gasteiger partial charge in [0.15, 0.2) is 0 Å². The summed E-state index contributed by atoms with van der Waals surface area (Å²) >= 11 is 1.97. The van der Waals surface area contributed by atoms with Crippen molar-refractivity contribution in [3.8, 4) is 0 Å². The standard InChI is InChI=1S/C8H12O2S/c9-8(10)7-3-6(7)5-1-2-11-4-5/h5-7H,1-4H2,(H,9,10)/t5?,6-,7+/m0/s1. The van der Waals surface area contributed by atoms with E-state index in [1.165, 1.54) is 17.9 Å². The highest BCUT2D eigenvalue weighted by Crippen LogP contribution is 2.49. The number of hydrogen-bond acceptors (Lipinski definition) is 2. The molecule has 1 aliphatic carbocycles. The predicted molar refractivity (Wildman–Crippen MR) is 44.7 cm³/mol. The minimum absolute atomic E-state index is 0.0127. The minimum Gasteiger partial charge on any atom is -0.481 e. The first-order valence-corrected chi connectivity index (χ1v) is 5.25. The van der Waals surface area contributed by atoms with E-state index in [1.807, 2.05) is 11.8 Å². The maximum absolute atomic E-state index is 10.5. The Morgan fingerprint density at radius 2 is 2.36 bits per heavy atom. The van der Waals surface area contributed by atoms with E-state index in [4.69, 9.17) is 5.11 Å². The van der Waals surface area contributed by atoms with Crippen molar-refractivity contribution in [1.82, 2.24) is 0 Å². The summed E-state index contributed by atoms with van der Waals surface area (Å²) in [7, 11) is 0. The number of hydrogen-bond donors (Lipinski definition) is 1. The molecule has 1 saturated carbocycles. The first kappa shape index (κ1) is 7.47. The number of rotatable bonds is 2. The molecule has 0 aromatic heterocycles. The van der Waals surface area contributed by atoms with Gasteiger partial charge in [-0.15, -0.1) is 0 Å². The van der Waals surface area contributed by atoms with Gasteiger partial charge in [-0.25, -0.2) is 0 Å². The summed E-state index contributed by atoms with van der Waals surface area (Å²) in [6, 6.07) is 0. The van der Waals surface area contributed by atoms with E-state index in [2.05, 4.69) is 0 Å². The summed E-state index contributed by atoms with van der Waals surface area (Å²) in [5.74, 6) is 3.14. The van der Waals surface area contributed by atoms with Crippen LogP contribution in [0.2, 0.25) is 0 Å². The Bertz CT molecular complexity index is 175. The topological polar surface area (TPSA) is 37.3 Å². The lowest BCUT2D eigenvalue weighted by Gasteiger charge is -2.03. The summed E-state index contributed by atoms with van der Waals surface area (Å²) < 4.78 is 0. The van der Waals surface area contributed by atoms with Crippen molar-refractivity contribution >= 4 is 17.7 Å². The Balaban J connectivity index is 1.85. The SMILES string of the molecule is O=C(O)[C@@H]1C[C@H]1C1CCSC1. The fourth-order valence-electron chi connectivity index (χ4n) is 1.91. The van der Waals surface area contributed by atoms with Crippen molar-refractivity contribution in [2.24, 2.45) is 17.8 Å². The Labute approximate surface area is 70.4 Å². The van der Waals surface area contributed by atoms with E-state index in [0.717, 1.165) is 12.3 Å². The lowest BCUT2D eigenvalue weighted by atomic mass is 10.0. The number of carboxylic acids is 1. The molecule has 2 nitrogen and oxygen atoms in total. The van der Waals surface area contributed by atoms with Crippen molar-refractivity contribution < 1.29 is 9.90 Å². The van der Waals surface area contributed by atoms with Crippen molar-refractivity contribution in [2.75, 3.05) is 11.5 Å². The third-order valence-electron chi connectivity index (χ3n) is 2.73. The molecule has 11 heavy (non-hydrogen) atoms. The molecule has 1 aliphatic heterocycles. The average Bonchev–Trinajstić information content (AvgIpc) is 2.60. The molecular formula is C8H12O2S. The largest absolute Gasteiger partial charge is 0.481 e. The van der Waals surface area contributed by atoms with Crippen LogP contribution in [0.3, 0.4) is 0 Å². The van der Waals surface area contributed by atoms with Gasteiger partial charge < -0.3 is 5.11 Å². The predicted octanol–water partition coefficient (Wildman–Crippen LogP) is 1.46. The highest BCUT2D eigenvalue weighted by molar-refractivity contribution is 7.99. The smallest absolute Gasteiger partial charge is 0.306 e. The van der Waals surface area contributed by atoms with E-state index in [1.54, 1.807) is 0 Å². The number of aliphatic carboxylic acids is 1. The summed E-state index contributed by atoms with van der Waals surface area (Å²) in [5, 5.41) is 8.68. The molecule has 0 aromatic carbocycles. The molecule has 1 N–H and O–H groups in total. The first-order valence-electron chi connectivity index (χ1n) is 4.09. The van der Waals surface area contributed by atoms with Crippen LogP contribution >= 0.6 is 11.8 Å². The van der Waals surface area contributed by atoms with Gasteiger partial charge in [0.25, 0.3) is 0 Å². The second kappa shape index (κ2) is 2.70. The van der Waals surface area contributed by atoms with Gasteiger partial charge in [-0.05, 0) is 36.2 Å². The molecule has 1 heterocycles. The van der Waals surface area contributed by atoms with Gasteiger partial charge in [0.05, 0.1) is 5.92 Å². The van der Waals surface area contributed by atoms with Crippen LogP contribution in [0, 0.1) is 17.8 Å². The van der Waals surface area contributed by atoms with Crippen LogP contribution < -0.4 is 0 Å². The minimum atomic E-state index is -0.577. The third kappa shape index (κ3) is 1.39. The van der Waals surface area contributed by atoms with Gasteiger partial charge >= 0.3 is 5.97 Å². The molecule has 0 bridgehead atoms. The Morgan fingerprint density at radius 1 is 1.55 bits per heavy atom. The first-order chi connectivity index (χ1) is 5.29. The lowest BCUT2D eigenvalue weighted by Crippen LogP contribution is -2.07. The van der Waals surface area contributed by atoms with Gasteiger partial charge in [0.2, 0.25) is 0 Å². The molecule has 3 atom stereocenters. The highest BCUT2D eigenvalue weighted by atomic mass is 32.2. The van der Waals surface area contributed by atoms with Crippen LogP contribution in [0.5, 0.6) is 0 Å². The van der Waals surface area contributed by atoms with Gasteiger partial charge in [-0.3, -0.25) is 4.79 Å². The molecule has 2 rings (SSSR count). The molecule has 2 aliphatic rings. The molecule has 1 saturated heterocycles. The summed E-state index contributed by atoms with van der Waals surface area (Å²) in [6.45, 7) is 0. The fraction of sp³-hybridized carbons (Fsp3) is 0.875. The monoisotopic (exact) mass is 172 g/mol. The average molecular weight is 172 g/mol. The van der Waals surface area contributed by atoms with Crippen molar-refractivity contribution in [3.05, 3.63) is 0 Å². The second-order valence-electron chi connectivity index (χ2n) is 3.47. The van der Waals surface area contributed by atoms with Crippen LogP contribution in [0.15, 0.2) is 0 Å². The zero-order chi connectivity index (χ0) is 7.84. The maximum Gasteiger partial charge on any atom is 0.306 e. The molecule has 62 valence electrons. The van der Waals surface area contributed by atoms with Crippen LogP contribution in [-0.4, -0.2) is 22.6 Å². The third-order valence-corrected chi connectivity index (χ3v) is 3.92. The van der Waals surface area contributed by atoms with Crippen LogP contribution in [-0.2, 0) is 4.79 Å². The molecule has 0 aromatic rings. The Morgan fingerprint density at radius 3 is 2.82 bits per heavy atom. The number of thioether (sulfide) groups is 1. The van der Waals surface area contributed by atoms with Gasteiger partial charge in [-0.2, -0.15) is 11.8 Å².